The lowest BCUT2D eigenvalue weighted by atomic mass is 9.90. The lowest BCUT2D eigenvalue weighted by molar-refractivity contribution is 0.154. The molecule has 2 aromatic rings. The van der Waals surface area contributed by atoms with Gasteiger partial charge >= 0.3 is 5.63 Å². The number of ether oxygens (including phenoxy) is 1. The number of rotatable bonds is 6. The third kappa shape index (κ3) is 4.10. The molecular formula is C21H29NO4. The summed E-state index contributed by atoms with van der Waals surface area (Å²) in [4.78, 5) is 12.3. The molecule has 2 N–H and O–H groups in total. The number of aliphatic hydroxyl groups excluding tert-OH is 1. The van der Waals surface area contributed by atoms with E-state index in [2.05, 4.69) is 5.32 Å². The van der Waals surface area contributed by atoms with Gasteiger partial charge in [-0.05, 0) is 76.6 Å². The average molecular weight is 359 g/mol. The van der Waals surface area contributed by atoms with Crippen LogP contribution in [-0.2, 0) is 12.8 Å². The van der Waals surface area contributed by atoms with Crippen LogP contribution in [0.2, 0.25) is 0 Å². The van der Waals surface area contributed by atoms with Crippen LogP contribution in [0.15, 0.2) is 21.3 Å². The van der Waals surface area contributed by atoms with Crippen molar-refractivity contribution < 1.29 is 14.3 Å². The van der Waals surface area contributed by atoms with Gasteiger partial charge < -0.3 is 19.6 Å². The average Bonchev–Trinajstić information content (AvgIpc) is 2.58. The number of aliphatic hydroxyl groups is 1. The van der Waals surface area contributed by atoms with Gasteiger partial charge in [0.05, 0.1) is 11.5 Å². The molecule has 1 aliphatic rings. The molecule has 142 valence electrons. The molecule has 0 saturated heterocycles. The molecule has 0 bridgehead atoms. The molecule has 0 amide bonds. The second-order valence-corrected chi connectivity index (χ2v) is 8.09. The lowest BCUT2D eigenvalue weighted by Gasteiger charge is -2.28. The molecular weight excluding hydrogens is 330 g/mol. The molecule has 1 unspecified atom stereocenters. The molecule has 26 heavy (non-hydrogen) atoms. The Balaban J connectivity index is 1.96. The predicted molar refractivity (Wildman–Crippen MR) is 103 cm³/mol. The lowest BCUT2D eigenvalue weighted by Crippen LogP contribution is -2.47. The Morgan fingerprint density at radius 1 is 1.27 bits per heavy atom. The highest BCUT2D eigenvalue weighted by atomic mass is 16.5. The Labute approximate surface area is 154 Å². The topological polar surface area (TPSA) is 71.7 Å². The zero-order chi connectivity index (χ0) is 18.9. The molecule has 5 nitrogen and oxygen atoms in total. The van der Waals surface area contributed by atoms with Crippen molar-refractivity contribution in [2.45, 2.75) is 65.0 Å². The zero-order valence-electron chi connectivity index (χ0n) is 16.1. The number of benzene rings is 1. The number of fused-ring (bicyclic) bond motifs is 3. The number of hydrogen-bond donors (Lipinski definition) is 2. The van der Waals surface area contributed by atoms with Gasteiger partial charge in [0, 0.05) is 17.6 Å². The van der Waals surface area contributed by atoms with Gasteiger partial charge in [-0.3, -0.25) is 0 Å². The Morgan fingerprint density at radius 3 is 2.65 bits per heavy atom. The maximum absolute atomic E-state index is 12.3. The van der Waals surface area contributed by atoms with Crippen LogP contribution in [0.1, 0.15) is 50.3 Å². The first kappa shape index (κ1) is 18.9. The highest BCUT2D eigenvalue weighted by molar-refractivity contribution is 5.88. The standard InChI is InChI=1S/C21H29NO4/c1-13-9-17(25-12-21(3,4)22-11-14(2)23)19-15-7-5-6-8-16(15)20(24)26-18(19)10-13/h9-10,14,22-23H,5-8,11-12H2,1-4H3. The van der Waals surface area contributed by atoms with Gasteiger partial charge in [-0.15, -0.1) is 0 Å². The first-order valence-electron chi connectivity index (χ1n) is 9.42. The van der Waals surface area contributed by atoms with Crippen LogP contribution >= 0.6 is 0 Å². The summed E-state index contributed by atoms with van der Waals surface area (Å²) in [5, 5.41) is 13.7. The number of β-amino-alcohol motifs (C(OH)–C–C–N with tert-alkyl or cyclic N) is 1. The van der Waals surface area contributed by atoms with E-state index in [1.165, 1.54) is 0 Å². The Bertz CT molecular complexity index is 851. The molecule has 1 heterocycles. The monoisotopic (exact) mass is 359 g/mol. The molecule has 1 aromatic carbocycles. The molecule has 1 aliphatic carbocycles. The van der Waals surface area contributed by atoms with Crippen LogP contribution in [0, 0.1) is 6.92 Å². The molecule has 3 rings (SSSR count). The normalized spacial score (nSPS) is 15.7. The smallest absolute Gasteiger partial charge is 0.339 e. The minimum absolute atomic E-state index is 0.206. The van der Waals surface area contributed by atoms with E-state index in [0.29, 0.717) is 18.7 Å². The fraction of sp³-hybridized carbons (Fsp3) is 0.571. The van der Waals surface area contributed by atoms with Crippen LogP contribution in [0.5, 0.6) is 5.75 Å². The summed E-state index contributed by atoms with van der Waals surface area (Å²) in [5.74, 6) is 0.772. The Hall–Kier alpha value is -1.85. The van der Waals surface area contributed by atoms with E-state index in [4.69, 9.17) is 9.15 Å². The summed E-state index contributed by atoms with van der Waals surface area (Å²) in [5.41, 5.74) is 3.02. The molecule has 0 spiro atoms. The van der Waals surface area contributed by atoms with Gasteiger partial charge in [-0.25, -0.2) is 4.79 Å². The molecule has 0 radical (unpaired) electrons. The van der Waals surface area contributed by atoms with E-state index < -0.39 is 6.10 Å². The second-order valence-electron chi connectivity index (χ2n) is 8.09. The van der Waals surface area contributed by atoms with Gasteiger partial charge in [0.15, 0.2) is 0 Å². The largest absolute Gasteiger partial charge is 0.491 e. The Kier molecular flexibility index (Phi) is 5.39. The van der Waals surface area contributed by atoms with Gasteiger partial charge in [0.25, 0.3) is 0 Å². The zero-order valence-corrected chi connectivity index (χ0v) is 16.1. The predicted octanol–water partition coefficient (Wildman–Crippen LogP) is 3.11. The van der Waals surface area contributed by atoms with Gasteiger partial charge in [-0.2, -0.15) is 0 Å². The first-order valence-corrected chi connectivity index (χ1v) is 9.42. The van der Waals surface area contributed by atoms with Crippen molar-refractivity contribution in [3.63, 3.8) is 0 Å². The van der Waals surface area contributed by atoms with Gasteiger partial charge in [-0.1, -0.05) is 0 Å². The van der Waals surface area contributed by atoms with E-state index >= 15 is 0 Å². The van der Waals surface area contributed by atoms with Crippen molar-refractivity contribution in [2.24, 2.45) is 0 Å². The maximum atomic E-state index is 12.3. The van der Waals surface area contributed by atoms with Crippen LogP contribution in [-0.4, -0.2) is 29.9 Å². The highest BCUT2D eigenvalue weighted by Gasteiger charge is 2.23. The summed E-state index contributed by atoms with van der Waals surface area (Å²) >= 11 is 0. The molecule has 0 aliphatic heterocycles. The third-order valence-corrected chi connectivity index (χ3v) is 4.89. The molecule has 1 atom stereocenters. The van der Waals surface area contributed by atoms with Crippen LogP contribution in [0.4, 0.5) is 0 Å². The van der Waals surface area contributed by atoms with Crippen molar-refractivity contribution in [1.82, 2.24) is 5.32 Å². The molecule has 0 saturated carbocycles. The van der Waals surface area contributed by atoms with Crippen molar-refractivity contribution in [3.05, 3.63) is 39.2 Å². The maximum Gasteiger partial charge on any atom is 0.339 e. The second kappa shape index (κ2) is 7.41. The first-order chi connectivity index (χ1) is 12.3. The number of hydrogen-bond acceptors (Lipinski definition) is 5. The fourth-order valence-electron chi connectivity index (χ4n) is 3.51. The van der Waals surface area contributed by atoms with Crippen LogP contribution in [0.3, 0.4) is 0 Å². The molecule has 0 fully saturated rings. The summed E-state index contributed by atoms with van der Waals surface area (Å²) in [6.45, 7) is 8.78. The summed E-state index contributed by atoms with van der Waals surface area (Å²) in [6.07, 6.45) is 3.38. The summed E-state index contributed by atoms with van der Waals surface area (Å²) < 4.78 is 11.8. The Morgan fingerprint density at radius 2 is 1.96 bits per heavy atom. The van der Waals surface area contributed by atoms with E-state index in [1.807, 2.05) is 32.9 Å². The van der Waals surface area contributed by atoms with Crippen LogP contribution < -0.4 is 15.7 Å². The van der Waals surface area contributed by atoms with Crippen molar-refractivity contribution >= 4 is 11.0 Å². The minimum atomic E-state index is -0.407. The highest BCUT2D eigenvalue weighted by Crippen LogP contribution is 2.34. The third-order valence-electron chi connectivity index (χ3n) is 4.89. The minimum Gasteiger partial charge on any atom is -0.491 e. The quantitative estimate of drug-likeness (QED) is 0.776. The van der Waals surface area contributed by atoms with E-state index in [1.54, 1.807) is 6.92 Å². The van der Waals surface area contributed by atoms with E-state index in [0.717, 1.165) is 53.5 Å². The van der Waals surface area contributed by atoms with Crippen LogP contribution in [0.25, 0.3) is 11.0 Å². The summed E-state index contributed by atoms with van der Waals surface area (Å²) in [7, 11) is 0. The van der Waals surface area contributed by atoms with E-state index in [-0.39, 0.29) is 11.2 Å². The van der Waals surface area contributed by atoms with Gasteiger partial charge in [0.2, 0.25) is 0 Å². The SMILES string of the molecule is Cc1cc(OCC(C)(C)NCC(C)O)c2c3c(c(=O)oc2c1)CCCC3. The van der Waals surface area contributed by atoms with Crippen molar-refractivity contribution in [2.75, 3.05) is 13.2 Å². The van der Waals surface area contributed by atoms with Crippen molar-refractivity contribution in [1.29, 1.82) is 0 Å². The number of nitrogens with one attached hydrogen (secondary N) is 1. The molecule has 5 heteroatoms. The fourth-order valence-corrected chi connectivity index (χ4v) is 3.51. The van der Waals surface area contributed by atoms with Crippen molar-refractivity contribution in [3.8, 4) is 5.75 Å². The summed E-state index contributed by atoms with van der Waals surface area (Å²) in [6, 6.07) is 3.93. The molecule has 1 aromatic heterocycles. The number of aryl methyl sites for hydroxylation is 2. The van der Waals surface area contributed by atoms with E-state index in [9.17, 15) is 9.90 Å². The van der Waals surface area contributed by atoms with Gasteiger partial charge in [0.1, 0.15) is 17.9 Å².